The smallest absolute Gasteiger partial charge is 0.123 e. The van der Waals surface area contributed by atoms with Crippen LogP contribution in [0.1, 0.15) is 11.1 Å². The maximum atomic E-state index is 13.1. The Balaban J connectivity index is 0.00000192. The lowest BCUT2D eigenvalue weighted by atomic mass is 10.1. The second-order valence-corrected chi connectivity index (χ2v) is 5.01. The maximum absolute atomic E-state index is 13.1. The Labute approximate surface area is 139 Å². The lowest BCUT2D eigenvalue weighted by Gasteiger charge is -2.06. The molecular weight excluding hydrogens is 320 g/mol. The summed E-state index contributed by atoms with van der Waals surface area (Å²) in [6.07, 6.45) is 1.73. The molecular formula is C17H16ClF2N3. The van der Waals surface area contributed by atoms with E-state index in [4.69, 9.17) is 0 Å². The third-order valence-corrected chi connectivity index (χ3v) is 3.38. The molecule has 0 amide bonds. The summed E-state index contributed by atoms with van der Waals surface area (Å²) in [5.74, 6) is -0.511. The first-order valence-corrected chi connectivity index (χ1v) is 6.96. The van der Waals surface area contributed by atoms with Crippen LogP contribution in [0.15, 0.2) is 54.7 Å². The van der Waals surface area contributed by atoms with Crippen molar-refractivity contribution in [3.8, 4) is 11.3 Å². The molecule has 0 saturated carbocycles. The number of halogens is 3. The van der Waals surface area contributed by atoms with E-state index in [0.29, 0.717) is 13.1 Å². The maximum Gasteiger partial charge on any atom is 0.123 e. The molecule has 3 aromatic rings. The van der Waals surface area contributed by atoms with Gasteiger partial charge in [-0.1, -0.05) is 12.1 Å². The first-order chi connectivity index (χ1) is 10.7. The number of aromatic nitrogens is 2. The molecule has 0 fully saturated rings. The summed E-state index contributed by atoms with van der Waals surface area (Å²) >= 11 is 0. The van der Waals surface area contributed by atoms with E-state index in [2.05, 4.69) is 15.5 Å². The average molecular weight is 336 g/mol. The van der Waals surface area contributed by atoms with E-state index in [1.807, 2.05) is 6.07 Å². The van der Waals surface area contributed by atoms with E-state index in [-0.39, 0.29) is 24.0 Å². The Morgan fingerprint density at radius 1 is 0.957 bits per heavy atom. The van der Waals surface area contributed by atoms with Crippen LogP contribution >= 0.6 is 12.4 Å². The topological polar surface area (TPSA) is 40.7 Å². The first-order valence-electron chi connectivity index (χ1n) is 6.96. The molecule has 2 aromatic carbocycles. The van der Waals surface area contributed by atoms with Gasteiger partial charge in [0.1, 0.15) is 11.6 Å². The fourth-order valence-electron chi connectivity index (χ4n) is 2.30. The van der Waals surface area contributed by atoms with E-state index in [1.165, 1.54) is 24.3 Å². The summed E-state index contributed by atoms with van der Waals surface area (Å²) < 4.78 is 26.1. The van der Waals surface area contributed by atoms with Gasteiger partial charge in [0.2, 0.25) is 0 Å². The van der Waals surface area contributed by atoms with Gasteiger partial charge in [0, 0.05) is 24.2 Å². The molecule has 2 N–H and O–H groups in total. The number of rotatable bonds is 5. The lowest BCUT2D eigenvalue weighted by molar-refractivity contribution is 0.620. The Morgan fingerprint density at radius 2 is 1.74 bits per heavy atom. The fraction of sp³-hybridized carbons (Fsp3) is 0.118. The van der Waals surface area contributed by atoms with Crippen LogP contribution in [-0.2, 0) is 13.1 Å². The van der Waals surface area contributed by atoms with Crippen molar-refractivity contribution < 1.29 is 8.78 Å². The zero-order valence-corrected chi connectivity index (χ0v) is 13.0. The summed E-state index contributed by atoms with van der Waals surface area (Å²) in [4.78, 5) is 0. The van der Waals surface area contributed by atoms with Gasteiger partial charge in [-0.25, -0.2) is 8.78 Å². The molecule has 3 rings (SSSR count). The molecule has 6 heteroatoms. The highest BCUT2D eigenvalue weighted by Crippen LogP contribution is 2.21. The van der Waals surface area contributed by atoms with E-state index in [9.17, 15) is 8.78 Å². The van der Waals surface area contributed by atoms with Crippen molar-refractivity contribution in [3.63, 3.8) is 0 Å². The summed E-state index contributed by atoms with van der Waals surface area (Å²) in [5.41, 5.74) is 3.59. The summed E-state index contributed by atoms with van der Waals surface area (Å²) in [6, 6.07) is 12.7. The Hall–Kier alpha value is -2.24. The quantitative estimate of drug-likeness (QED) is 0.738. The number of nitrogens with one attached hydrogen (secondary N) is 2. The number of aromatic amines is 1. The molecule has 120 valence electrons. The summed E-state index contributed by atoms with van der Waals surface area (Å²) in [7, 11) is 0. The van der Waals surface area contributed by atoms with Crippen LogP contribution in [0.2, 0.25) is 0 Å². The van der Waals surface area contributed by atoms with Crippen LogP contribution < -0.4 is 5.32 Å². The van der Waals surface area contributed by atoms with Crippen molar-refractivity contribution in [3.05, 3.63) is 77.5 Å². The molecule has 0 bridgehead atoms. The molecule has 1 heterocycles. The molecule has 0 aliphatic carbocycles. The largest absolute Gasteiger partial charge is 0.308 e. The number of H-pyrrole nitrogens is 1. The predicted molar refractivity (Wildman–Crippen MR) is 88.2 cm³/mol. The first kappa shape index (κ1) is 17.1. The van der Waals surface area contributed by atoms with Gasteiger partial charge in [-0.2, -0.15) is 5.10 Å². The molecule has 0 aliphatic rings. The second-order valence-electron chi connectivity index (χ2n) is 5.01. The normalized spacial score (nSPS) is 10.3. The molecule has 0 unspecified atom stereocenters. The second kappa shape index (κ2) is 7.85. The van der Waals surface area contributed by atoms with Crippen molar-refractivity contribution in [2.45, 2.75) is 13.1 Å². The van der Waals surface area contributed by atoms with E-state index in [1.54, 1.807) is 24.4 Å². The van der Waals surface area contributed by atoms with Gasteiger partial charge in [-0.15, -0.1) is 12.4 Å². The number of hydrogen-bond acceptors (Lipinski definition) is 2. The standard InChI is InChI=1S/C17H15F2N3.ClH/c18-15-6-4-13(5-7-15)17-14(11-21-22-17)10-20-9-12-2-1-3-16(19)8-12;/h1-8,11,20H,9-10H2,(H,21,22);1H. The molecule has 0 atom stereocenters. The number of hydrogen-bond donors (Lipinski definition) is 2. The Bertz CT molecular complexity index is 757. The van der Waals surface area contributed by atoms with E-state index in [0.717, 1.165) is 22.4 Å². The minimum atomic E-state index is -0.269. The summed E-state index contributed by atoms with van der Waals surface area (Å²) in [5, 5.41) is 10.2. The molecule has 0 spiro atoms. The molecule has 23 heavy (non-hydrogen) atoms. The highest BCUT2D eigenvalue weighted by atomic mass is 35.5. The SMILES string of the molecule is Cl.Fc1ccc(-c2[nH]ncc2CNCc2cccc(F)c2)cc1. The van der Waals surface area contributed by atoms with Crippen LogP contribution in [0.3, 0.4) is 0 Å². The van der Waals surface area contributed by atoms with Gasteiger partial charge < -0.3 is 5.32 Å². The summed E-state index contributed by atoms with van der Waals surface area (Å²) in [6.45, 7) is 1.14. The highest BCUT2D eigenvalue weighted by Gasteiger charge is 2.07. The van der Waals surface area contributed by atoms with Crippen LogP contribution in [0.4, 0.5) is 8.78 Å². The van der Waals surface area contributed by atoms with Gasteiger partial charge in [-0.05, 0) is 42.0 Å². The molecule has 0 radical (unpaired) electrons. The van der Waals surface area contributed by atoms with Gasteiger partial charge in [0.15, 0.2) is 0 Å². The lowest BCUT2D eigenvalue weighted by Crippen LogP contribution is -2.13. The van der Waals surface area contributed by atoms with E-state index >= 15 is 0 Å². The van der Waals surface area contributed by atoms with Crippen LogP contribution in [0.5, 0.6) is 0 Å². The van der Waals surface area contributed by atoms with Crippen LogP contribution in [0, 0.1) is 11.6 Å². The highest BCUT2D eigenvalue weighted by molar-refractivity contribution is 5.85. The fourth-order valence-corrected chi connectivity index (χ4v) is 2.30. The van der Waals surface area contributed by atoms with Gasteiger partial charge >= 0.3 is 0 Å². The number of nitrogens with zero attached hydrogens (tertiary/aromatic N) is 1. The minimum absolute atomic E-state index is 0. The Morgan fingerprint density at radius 3 is 2.48 bits per heavy atom. The van der Waals surface area contributed by atoms with Gasteiger partial charge in [-0.3, -0.25) is 5.10 Å². The van der Waals surface area contributed by atoms with Crippen molar-refractivity contribution in [1.29, 1.82) is 0 Å². The van der Waals surface area contributed by atoms with Crippen LogP contribution in [0.25, 0.3) is 11.3 Å². The zero-order chi connectivity index (χ0) is 15.4. The van der Waals surface area contributed by atoms with Crippen molar-refractivity contribution in [2.75, 3.05) is 0 Å². The number of benzene rings is 2. The van der Waals surface area contributed by atoms with Gasteiger partial charge in [0.25, 0.3) is 0 Å². The molecule has 0 aliphatic heterocycles. The predicted octanol–water partition coefficient (Wildman–Crippen LogP) is 4.07. The average Bonchev–Trinajstić information content (AvgIpc) is 2.97. The molecule has 1 aromatic heterocycles. The van der Waals surface area contributed by atoms with Gasteiger partial charge in [0.05, 0.1) is 11.9 Å². The van der Waals surface area contributed by atoms with Crippen LogP contribution in [-0.4, -0.2) is 10.2 Å². The van der Waals surface area contributed by atoms with Crippen molar-refractivity contribution >= 4 is 12.4 Å². The van der Waals surface area contributed by atoms with Crippen molar-refractivity contribution in [2.24, 2.45) is 0 Å². The van der Waals surface area contributed by atoms with E-state index < -0.39 is 0 Å². The third-order valence-electron chi connectivity index (χ3n) is 3.38. The monoisotopic (exact) mass is 335 g/mol. The van der Waals surface area contributed by atoms with Crippen molar-refractivity contribution in [1.82, 2.24) is 15.5 Å². The molecule has 0 saturated heterocycles. The third kappa shape index (κ3) is 4.37. The Kier molecular flexibility index (Phi) is 5.84. The molecule has 3 nitrogen and oxygen atoms in total. The zero-order valence-electron chi connectivity index (χ0n) is 12.2. The minimum Gasteiger partial charge on any atom is -0.308 e.